The molecule has 14 heavy (non-hydrogen) atoms. The molecule has 0 aromatic heterocycles. The van der Waals surface area contributed by atoms with Gasteiger partial charge in [0.15, 0.2) is 6.10 Å². The third kappa shape index (κ3) is 2.97. The number of rotatable bonds is 4. The number of hydrogen-bond acceptors (Lipinski definition) is 4. The molecule has 0 saturated carbocycles. The van der Waals surface area contributed by atoms with Crippen LogP contribution in [0.2, 0.25) is 0 Å². The van der Waals surface area contributed by atoms with Crippen LogP contribution < -0.4 is 10.6 Å². The van der Waals surface area contributed by atoms with E-state index in [1.807, 2.05) is 0 Å². The van der Waals surface area contributed by atoms with Crippen molar-refractivity contribution in [2.24, 2.45) is 0 Å². The quantitative estimate of drug-likeness (QED) is 0.435. The molecule has 1 aliphatic rings. The monoisotopic (exact) mass is 202 g/mol. The van der Waals surface area contributed by atoms with Crippen molar-refractivity contribution in [2.45, 2.75) is 25.0 Å². The summed E-state index contributed by atoms with van der Waals surface area (Å²) in [5, 5.41) is 22.6. The molecular formula is C8H14N2O4. The molecule has 4 N–H and O–H groups in total. The molecule has 1 saturated heterocycles. The van der Waals surface area contributed by atoms with Gasteiger partial charge in [-0.05, 0) is 19.4 Å². The summed E-state index contributed by atoms with van der Waals surface area (Å²) in [6, 6.07) is -0.240. The summed E-state index contributed by atoms with van der Waals surface area (Å²) in [5.41, 5.74) is 0. The molecule has 0 aliphatic carbocycles. The zero-order valence-electron chi connectivity index (χ0n) is 7.69. The summed E-state index contributed by atoms with van der Waals surface area (Å²) in [6.07, 6.45) is 0.175. The summed E-state index contributed by atoms with van der Waals surface area (Å²) in [5.74, 6) is -1.58. The van der Waals surface area contributed by atoms with Crippen LogP contribution in [0.15, 0.2) is 0 Å². The number of carboxylic acid groups (broad SMARTS) is 1. The van der Waals surface area contributed by atoms with Crippen molar-refractivity contribution in [2.75, 3.05) is 13.1 Å². The number of aliphatic hydroxyl groups excluding tert-OH is 1. The summed E-state index contributed by atoms with van der Waals surface area (Å²) in [7, 11) is 0. The highest BCUT2D eigenvalue weighted by Crippen LogP contribution is 2.04. The van der Waals surface area contributed by atoms with Crippen molar-refractivity contribution in [1.29, 1.82) is 0 Å². The predicted molar refractivity (Wildman–Crippen MR) is 47.7 cm³/mol. The van der Waals surface area contributed by atoms with Crippen LogP contribution >= 0.6 is 0 Å². The lowest BCUT2D eigenvalue weighted by atomic mass is 10.2. The van der Waals surface area contributed by atoms with E-state index in [2.05, 4.69) is 10.6 Å². The van der Waals surface area contributed by atoms with Crippen LogP contribution in [0.25, 0.3) is 0 Å². The van der Waals surface area contributed by atoms with Crippen molar-refractivity contribution in [1.82, 2.24) is 10.6 Å². The first kappa shape index (κ1) is 10.9. The van der Waals surface area contributed by atoms with Gasteiger partial charge in [0.2, 0.25) is 5.91 Å². The number of aliphatic hydroxyl groups is 1. The average Bonchev–Trinajstić information content (AvgIpc) is 2.66. The molecule has 1 heterocycles. The standard InChI is InChI=1S/C8H14N2O4/c11-6(8(13)14)4-10-7(12)5-2-1-3-9-5/h5-6,9,11H,1-4H2,(H,10,12)(H,13,14)/t5?,6-/m0/s1. The molecule has 80 valence electrons. The number of aliphatic carboxylic acids is 1. The Kier molecular flexibility index (Phi) is 3.84. The molecule has 0 aromatic carbocycles. The minimum Gasteiger partial charge on any atom is -0.479 e. The molecule has 6 heteroatoms. The second-order valence-electron chi connectivity index (χ2n) is 3.25. The Morgan fingerprint density at radius 2 is 2.29 bits per heavy atom. The third-order valence-electron chi connectivity index (χ3n) is 2.13. The smallest absolute Gasteiger partial charge is 0.334 e. The molecule has 0 bridgehead atoms. The first-order valence-corrected chi connectivity index (χ1v) is 4.53. The summed E-state index contributed by atoms with van der Waals surface area (Å²) in [6.45, 7) is 0.561. The van der Waals surface area contributed by atoms with Crippen LogP contribution in [-0.2, 0) is 9.59 Å². The van der Waals surface area contributed by atoms with Gasteiger partial charge >= 0.3 is 5.97 Å². The highest BCUT2D eigenvalue weighted by molar-refractivity contribution is 5.82. The van der Waals surface area contributed by atoms with Crippen LogP contribution in [-0.4, -0.2) is 47.3 Å². The van der Waals surface area contributed by atoms with Gasteiger partial charge in [-0.1, -0.05) is 0 Å². The molecule has 1 aliphatic heterocycles. The Bertz CT molecular complexity index is 225. The van der Waals surface area contributed by atoms with E-state index in [4.69, 9.17) is 10.2 Å². The van der Waals surface area contributed by atoms with Gasteiger partial charge in [-0.3, -0.25) is 4.79 Å². The average molecular weight is 202 g/mol. The zero-order valence-corrected chi connectivity index (χ0v) is 7.69. The predicted octanol–water partition coefficient (Wildman–Crippen LogP) is -1.70. The van der Waals surface area contributed by atoms with Crippen LogP contribution in [0.4, 0.5) is 0 Å². The van der Waals surface area contributed by atoms with E-state index in [-0.39, 0.29) is 18.5 Å². The van der Waals surface area contributed by atoms with Crippen LogP contribution in [0.5, 0.6) is 0 Å². The Morgan fingerprint density at radius 1 is 1.57 bits per heavy atom. The van der Waals surface area contributed by atoms with Crippen molar-refractivity contribution < 1.29 is 19.8 Å². The first-order valence-electron chi connectivity index (χ1n) is 4.53. The van der Waals surface area contributed by atoms with Gasteiger partial charge in [0.05, 0.1) is 12.6 Å². The van der Waals surface area contributed by atoms with Gasteiger partial charge in [-0.25, -0.2) is 4.79 Å². The molecule has 1 fully saturated rings. The van der Waals surface area contributed by atoms with Crippen molar-refractivity contribution in [3.05, 3.63) is 0 Å². The van der Waals surface area contributed by atoms with E-state index >= 15 is 0 Å². The van der Waals surface area contributed by atoms with Gasteiger partial charge in [0.25, 0.3) is 0 Å². The maximum Gasteiger partial charge on any atom is 0.334 e. The first-order chi connectivity index (χ1) is 6.61. The minimum atomic E-state index is -1.53. The fourth-order valence-corrected chi connectivity index (χ4v) is 1.32. The summed E-state index contributed by atoms with van der Waals surface area (Å²) < 4.78 is 0. The Hall–Kier alpha value is -1.14. The fraction of sp³-hybridized carbons (Fsp3) is 0.750. The van der Waals surface area contributed by atoms with E-state index in [0.29, 0.717) is 0 Å². The fourth-order valence-electron chi connectivity index (χ4n) is 1.32. The van der Waals surface area contributed by atoms with E-state index in [1.165, 1.54) is 0 Å². The number of carbonyl (C=O) groups is 2. The van der Waals surface area contributed by atoms with Gasteiger partial charge in [0, 0.05) is 0 Å². The number of hydrogen-bond donors (Lipinski definition) is 4. The molecule has 0 radical (unpaired) electrons. The number of carbonyl (C=O) groups excluding carboxylic acids is 1. The molecule has 0 aromatic rings. The van der Waals surface area contributed by atoms with E-state index < -0.39 is 12.1 Å². The van der Waals surface area contributed by atoms with E-state index in [9.17, 15) is 9.59 Å². The normalized spacial score (nSPS) is 23.1. The highest BCUT2D eigenvalue weighted by atomic mass is 16.4. The van der Waals surface area contributed by atoms with E-state index in [0.717, 1.165) is 19.4 Å². The highest BCUT2D eigenvalue weighted by Gasteiger charge is 2.23. The minimum absolute atomic E-state index is 0.240. The van der Waals surface area contributed by atoms with Crippen molar-refractivity contribution >= 4 is 11.9 Å². The van der Waals surface area contributed by atoms with E-state index in [1.54, 1.807) is 0 Å². The molecular weight excluding hydrogens is 188 g/mol. The maximum atomic E-state index is 11.3. The molecule has 0 spiro atoms. The number of carboxylic acids is 1. The maximum absolute atomic E-state index is 11.3. The topological polar surface area (TPSA) is 98.7 Å². The van der Waals surface area contributed by atoms with Gasteiger partial charge < -0.3 is 20.8 Å². The van der Waals surface area contributed by atoms with Crippen molar-refractivity contribution in [3.8, 4) is 0 Å². The third-order valence-corrected chi connectivity index (χ3v) is 2.13. The molecule has 1 unspecified atom stereocenters. The molecule has 1 amide bonds. The lowest BCUT2D eigenvalue weighted by Gasteiger charge is -2.12. The lowest BCUT2D eigenvalue weighted by molar-refractivity contribution is -0.146. The molecule has 1 rings (SSSR count). The summed E-state index contributed by atoms with van der Waals surface area (Å²) in [4.78, 5) is 21.5. The van der Waals surface area contributed by atoms with Crippen LogP contribution in [0.1, 0.15) is 12.8 Å². The van der Waals surface area contributed by atoms with Crippen LogP contribution in [0.3, 0.4) is 0 Å². The SMILES string of the molecule is O=C(NC[C@H](O)C(=O)O)C1CCCN1. The van der Waals surface area contributed by atoms with Gasteiger partial charge in [-0.2, -0.15) is 0 Å². The molecule has 2 atom stereocenters. The number of nitrogens with one attached hydrogen (secondary N) is 2. The van der Waals surface area contributed by atoms with Crippen molar-refractivity contribution in [3.63, 3.8) is 0 Å². The van der Waals surface area contributed by atoms with Crippen LogP contribution in [0, 0.1) is 0 Å². The second kappa shape index (κ2) is 4.92. The molecule has 6 nitrogen and oxygen atoms in total. The summed E-state index contributed by atoms with van der Waals surface area (Å²) >= 11 is 0. The zero-order chi connectivity index (χ0) is 10.6. The number of amides is 1. The Balaban J connectivity index is 2.23. The second-order valence-corrected chi connectivity index (χ2v) is 3.25. The Labute approximate surface area is 81.3 Å². The van der Waals surface area contributed by atoms with Gasteiger partial charge in [-0.15, -0.1) is 0 Å². The van der Waals surface area contributed by atoms with Gasteiger partial charge in [0.1, 0.15) is 0 Å². The largest absolute Gasteiger partial charge is 0.479 e. The Morgan fingerprint density at radius 3 is 2.79 bits per heavy atom. The lowest BCUT2D eigenvalue weighted by Crippen LogP contribution is -2.44.